The van der Waals surface area contributed by atoms with E-state index in [0.717, 1.165) is 0 Å². The predicted octanol–water partition coefficient (Wildman–Crippen LogP) is 6.08. The van der Waals surface area contributed by atoms with Crippen LogP contribution in [0.2, 0.25) is 25.1 Å². The zero-order chi connectivity index (χ0) is 14.9. The Kier molecular flexibility index (Phi) is 5.01. The third-order valence-electron chi connectivity index (χ3n) is 2.58. The first-order valence-corrected chi connectivity index (χ1v) is 7.20. The minimum Gasteiger partial charge on any atom is -0.260 e. The molecular formula is C13H5Cl5N2. The Balaban J connectivity index is 2.61. The summed E-state index contributed by atoms with van der Waals surface area (Å²) in [5.74, 6) is 0. The van der Waals surface area contributed by atoms with E-state index in [-0.39, 0.29) is 31.5 Å². The van der Waals surface area contributed by atoms with Crippen molar-refractivity contribution in [2.24, 2.45) is 0 Å². The summed E-state index contributed by atoms with van der Waals surface area (Å²) < 4.78 is 0. The maximum Gasteiger partial charge on any atom is 0.0809 e. The van der Waals surface area contributed by atoms with Gasteiger partial charge in [0.15, 0.2) is 0 Å². The van der Waals surface area contributed by atoms with E-state index in [2.05, 4.69) is 4.98 Å². The fraction of sp³-hybridized carbons (Fsp3) is 0.0769. The Hall–Kier alpha value is -0.690. The fourth-order valence-corrected chi connectivity index (χ4v) is 2.97. The number of halogens is 5. The lowest BCUT2D eigenvalue weighted by Gasteiger charge is -2.12. The van der Waals surface area contributed by atoms with Crippen LogP contribution in [0.5, 0.6) is 0 Å². The molecule has 7 heteroatoms. The Morgan fingerprint density at radius 2 is 1.45 bits per heavy atom. The molecule has 20 heavy (non-hydrogen) atoms. The highest BCUT2D eigenvalue weighted by Crippen LogP contribution is 2.47. The molecular weight excluding hydrogens is 361 g/mol. The second-order valence-electron chi connectivity index (χ2n) is 3.82. The monoisotopic (exact) mass is 364 g/mol. The third-order valence-corrected chi connectivity index (χ3v) is 4.86. The molecule has 0 aliphatic heterocycles. The SMILES string of the molecule is N#CCc1ccc(-c2c(Cl)c(Cl)c(Cl)c(Cl)c2Cl)cn1. The molecule has 1 heterocycles. The van der Waals surface area contributed by atoms with Gasteiger partial charge in [-0.15, -0.1) is 0 Å². The number of aromatic nitrogens is 1. The maximum atomic E-state index is 8.62. The second kappa shape index (κ2) is 6.39. The van der Waals surface area contributed by atoms with Crippen LogP contribution < -0.4 is 0 Å². The molecule has 2 nitrogen and oxygen atoms in total. The number of nitrogens with zero attached hydrogens (tertiary/aromatic N) is 2. The normalized spacial score (nSPS) is 10.4. The van der Waals surface area contributed by atoms with Gasteiger partial charge >= 0.3 is 0 Å². The summed E-state index contributed by atoms with van der Waals surface area (Å²) in [6.45, 7) is 0. The van der Waals surface area contributed by atoms with Crippen LogP contribution in [0.4, 0.5) is 0 Å². The first kappa shape index (κ1) is 15.7. The summed E-state index contributed by atoms with van der Waals surface area (Å²) in [5, 5.41) is 9.42. The minimum atomic E-state index is 0.112. The number of nitriles is 1. The van der Waals surface area contributed by atoms with Crippen molar-refractivity contribution in [3.8, 4) is 17.2 Å². The van der Waals surface area contributed by atoms with Crippen LogP contribution in [0.15, 0.2) is 18.3 Å². The molecule has 0 fully saturated rings. The minimum absolute atomic E-state index is 0.112. The van der Waals surface area contributed by atoms with Crippen LogP contribution in [-0.2, 0) is 6.42 Å². The summed E-state index contributed by atoms with van der Waals surface area (Å²) in [5.41, 5.74) is 1.75. The van der Waals surface area contributed by atoms with Gasteiger partial charge in [0.1, 0.15) is 0 Å². The van der Waals surface area contributed by atoms with Crippen LogP contribution in [0.1, 0.15) is 5.69 Å². The largest absolute Gasteiger partial charge is 0.260 e. The quantitative estimate of drug-likeness (QED) is 0.477. The van der Waals surface area contributed by atoms with Crippen molar-refractivity contribution in [2.75, 3.05) is 0 Å². The van der Waals surface area contributed by atoms with Crippen molar-refractivity contribution < 1.29 is 0 Å². The molecule has 0 bridgehead atoms. The van der Waals surface area contributed by atoms with Crippen LogP contribution in [0.25, 0.3) is 11.1 Å². The van der Waals surface area contributed by atoms with Gasteiger partial charge in [-0.25, -0.2) is 0 Å². The molecule has 0 radical (unpaired) electrons. The van der Waals surface area contributed by atoms with Crippen molar-refractivity contribution in [3.05, 3.63) is 49.1 Å². The van der Waals surface area contributed by atoms with Crippen LogP contribution in [0.3, 0.4) is 0 Å². The molecule has 0 unspecified atom stereocenters. The average molecular weight is 366 g/mol. The van der Waals surface area contributed by atoms with E-state index in [4.69, 9.17) is 63.3 Å². The van der Waals surface area contributed by atoms with Gasteiger partial charge < -0.3 is 0 Å². The zero-order valence-electron chi connectivity index (χ0n) is 9.72. The van der Waals surface area contributed by atoms with Gasteiger partial charge in [-0.3, -0.25) is 4.98 Å². The number of benzene rings is 1. The van der Waals surface area contributed by atoms with Gasteiger partial charge in [-0.05, 0) is 6.07 Å². The number of rotatable bonds is 2. The molecule has 0 aliphatic carbocycles. The fourth-order valence-electron chi connectivity index (χ4n) is 1.62. The van der Waals surface area contributed by atoms with Crippen LogP contribution in [0, 0.1) is 11.3 Å². The molecule has 0 saturated carbocycles. The number of hydrogen-bond acceptors (Lipinski definition) is 2. The molecule has 0 spiro atoms. The first-order chi connectivity index (χ1) is 9.47. The molecule has 0 amide bonds. The van der Waals surface area contributed by atoms with Crippen LogP contribution >= 0.6 is 58.0 Å². The predicted molar refractivity (Wildman–Crippen MR) is 84.0 cm³/mol. The first-order valence-electron chi connectivity index (χ1n) is 5.31. The number of pyridine rings is 1. The number of hydrogen-bond donors (Lipinski definition) is 0. The standard InChI is InChI=1S/C13H5Cl5N2/c14-9-8(10(15)12(17)13(18)11(9)16)6-1-2-7(3-4-19)20-5-6/h1-2,5H,3H2. The van der Waals surface area contributed by atoms with Crippen molar-refractivity contribution in [1.29, 1.82) is 5.26 Å². The van der Waals surface area contributed by atoms with Crippen molar-refractivity contribution in [1.82, 2.24) is 4.98 Å². The van der Waals surface area contributed by atoms with Gasteiger partial charge in [0, 0.05) is 17.3 Å². The topological polar surface area (TPSA) is 36.7 Å². The zero-order valence-corrected chi connectivity index (χ0v) is 13.5. The van der Waals surface area contributed by atoms with Gasteiger partial charge in [-0.2, -0.15) is 5.26 Å². The smallest absolute Gasteiger partial charge is 0.0809 e. The molecule has 0 N–H and O–H groups in total. The lowest BCUT2D eigenvalue weighted by Crippen LogP contribution is -1.91. The Labute approximate surface area is 140 Å². The third kappa shape index (κ3) is 2.83. The summed E-state index contributed by atoms with van der Waals surface area (Å²) in [6.07, 6.45) is 1.78. The van der Waals surface area contributed by atoms with Crippen molar-refractivity contribution in [2.45, 2.75) is 6.42 Å². The Bertz CT molecular complexity index is 675. The summed E-state index contributed by atoms with van der Waals surface area (Å²) in [7, 11) is 0. The molecule has 1 aromatic carbocycles. The highest BCUT2D eigenvalue weighted by molar-refractivity contribution is 6.56. The highest BCUT2D eigenvalue weighted by Gasteiger charge is 2.20. The second-order valence-corrected chi connectivity index (χ2v) is 5.71. The van der Waals surface area contributed by atoms with E-state index < -0.39 is 0 Å². The van der Waals surface area contributed by atoms with Crippen molar-refractivity contribution >= 4 is 58.0 Å². The summed E-state index contributed by atoms with van der Waals surface area (Å²) in [6, 6.07) is 5.47. The Morgan fingerprint density at radius 3 is 1.90 bits per heavy atom. The average Bonchev–Trinajstić information content (AvgIpc) is 2.45. The summed E-state index contributed by atoms with van der Waals surface area (Å²) in [4.78, 5) is 4.15. The lowest BCUT2D eigenvalue weighted by atomic mass is 10.1. The van der Waals surface area contributed by atoms with Crippen molar-refractivity contribution in [3.63, 3.8) is 0 Å². The highest BCUT2D eigenvalue weighted by atomic mass is 35.5. The molecule has 0 atom stereocenters. The van der Waals surface area contributed by atoms with Gasteiger partial charge in [-0.1, -0.05) is 64.1 Å². The van der Waals surface area contributed by atoms with Gasteiger partial charge in [0.05, 0.1) is 43.3 Å². The molecule has 102 valence electrons. The van der Waals surface area contributed by atoms with E-state index in [9.17, 15) is 0 Å². The molecule has 2 aromatic rings. The van der Waals surface area contributed by atoms with E-state index in [1.807, 2.05) is 6.07 Å². The van der Waals surface area contributed by atoms with Crippen LogP contribution in [-0.4, -0.2) is 4.98 Å². The lowest BCUT2D eigenvalue weighted by molar-refractivity contribution is 1.12. The van der Waals surface area contributed by atoms with Gasteiger partial charge in [0.25, 0.3) is 0 Å². The van der Waals surface area contributed by atoms with E-state index in [1.54, 1.807) is 18.3 Å². The van der Waals surface area contributed by atoms with Gasteiger partial charge in [0.2, 0.25) is 0 Å². The molecule has 0 aliphatic rings. The van der Waals surface area contributed by atoms with E-state index >= 15 is 0 Å². The molecule has 1 aromatic heterocycles. The van der Waals surface area contributed by atoms with E-state index in [1.165, 1.54) is 0 Å². The summed E-state index contributed by atoms with van der Waals surface area (Å²) >= 11 is 30.3. The molecule has 2 rings (SSSR count). The maximum absolute atomic E-state index is 8.62. The molecule has 0 saturated heterocycles. The van der Waals surface area contributed by atoms with E-state index in [0.29, 0.717) is 16.8 Å². The Morgan fingerprint density at radius 1 is 0.900 bits per heavy atom.